The monoisotopic (exact) mass is 293 g/mol. The molecule has 22 heavy (non-hydrogen) atoms. The standard InChI is InChI=1S/C18H19N3O/c1-4-16-14(11-19-3)10-15(12-20-16)21-7-8-22-18-6-5-13(2)9-17(18)21/h4-6,9-10,12H,1,3,7-8,11H2,2H3. The number of hydrogen-bond donors (Lipinski definition) is 0. The summed E-state index contributed by atoms with van der Waals surface area (Å²) in [5.74, 6) is 0.910. The number of nitrogens with zero attached hydrogens (tertiary/aromatic N) is 3. The molecule has 0 aliphatic carbocycles. The van der Waals surface area contributed by atoms with Crippen LogP contribution in [0, 0.1) is 6.92 Å². The minimum atomic E-state index is 0.535. The highest BCUT2D eigenvalue weighted by molar-refractivity contribution is 5.71. The number of aromatic nitrogens is 1. The van der Waals surface area contributed by atoms with Crippen molar-refractivity contribution in [3.63, 3.8) is 0 Å². The van der Waals surface area contributed by atoms with Crippen molar-refractivity contribution in [3.05, 3.63) is 53.9 Å². The van der Waals surface area contributed by atoms with Gasteiger partial charge in [-0.1, -0.05) is 12.6 Å². The first kappa shape index (κ1) is 14.3. The molecule has 0 radical (unpaired) electrons. The van der Waals surface area contributed by atoms with Crippen LogP contribution in [0.5, 0.6) is 5.75 Å². The molecule has 1 aromatic heterocycles. The fourth-order valence-electron chi connectivity index (χ4n) is 2.68. The van der Waals surface area contributed by atoms with Crippen molar-refractivity contribution in [1.82, 2.24) is 4.98 Å². The van der Waals surface area contributed by atoms with Gasteiger partial charge >= 0.3 is 0 Å². The molecule has 4 heteroatoms. The lowest BCUT2D eigenvalue weighted by Crippen LogP contribution is -2.28. The van der Waals surface area contributed by atoms with Gasteiger partial charge in [-0.25, -0.2) is 0 Å². The molecule has 0 saturated carbocycles. The molecule has 0 N–H and O–H groups in total. The predicted molar refractivity (Wildman–Crippen MR) is 91.3 cm³/mol. The van der Waals surface area contributed by atoms with E-state index in [1.807, 2.05) is 12.3 Å². The molecular weight excluding hydrogens is 274 g/mol. The summed E-state index contributed by atoms with van der Waals surface area (Å²) in [6, 6.07) is 8.33. The second kappa shape index (κ2) is 6.02. The molecule has 0 bridgehead atoms. The van der Waals surface area contributed by atoms with Crippen LogP contribution in [0.2, 0.25) is 0 Å². The largest absolute Gasteiger partial charge is 0.490 e. The molecular formula is C18H19N3O. The van der Waals surface area contributed by atoms with E-state index in [9.17, 15) is 0 Å². The second-order valence-corrected chi connectivity index (χ2v) is 5.30. The Hall–Kier alpha value is -2.62. The Morgan fingerprint density at radius 1 is 1.41 bits per heavy atom. The van der Waals surface area contributed by atoms with Gasteiger partial charge in [0.05, 0.1) is 36.4 Å². The molecule has 0 amide bonds. The van der Waals surface area contributed by atoms with Crippen LogP contribution in [0.3, 0.4) is 0 Å². The van der Waals surface area contributed by atoms with Gasteiger partial charge in [-0.2, -0.15) is 0 Å². The lowest BCUT2D eigenvalue weighted by atomic mass is 10.1. The molecule has 3 rings (SSSR count). The third kappa shape index (κ3) is 2.60. The fraction of sp³-hybridized carbons (Fsp3) is 0.222. The van der Waals surface area contributed by atoms with E-state index in [4.69, 9.17) is 4.74 Å². The first-order valence-corrected chi connectivity index (χ1v) is 7.28. The van der Waals surface area contributed by atoms with Crippen LogP contribution >= 0.6 is 0 Å². The normalized spacial score (nSPS) is 13.2. The first-order chi connectivity index (χ1) is 10.7. The zero-order valence-corrected chi connectivity index (χ0v) is 12.7. The maximum atomic E-state index is 5.75. The zero-order valence-electron chi connectivity index (χ0n) is 12.7. The van der Waals surface area contributed by atoms with Crippen LogP contribution in [0.4, 0.5) is 11.4 Å². The van der Waals surface area contributed by atoms with E-state index in [1.54, 1.807) is 6.08 Å². The van der Waals surface area contributed by atoms with Gasteiger partial charge < -0.3 is 9.64 Å². The van der Waals surface area contributed by atoms with Crippen molar-refractivity contribution in [2.24, 2.45) is 4.99 Å². The van der Waals surface area contributed by atoms with Gasteiger partial charge in [0.2, 0.25) is 0 Å². The van der Waals surface area contributed by atoms with Crippen molar-refractivity contribution in [1.29, 1.82) is 0 Å². The summed E-state index contributed by atoms with van der Waals surface area (Å²) < 4.78 is 5.75. The summed E-state index contributed by atoms with van der Waals surface area (Å²) in [5, 5.41) is 0. The van der Waals surface area contributed by atoms with Gasteiger partial charge in [-0.05, 0) is 43.5 Å². The van der Waals surface area contributed by atoms with Gasteiger partial charge in [-0.15, -0.1) is 0 Å². The Morgan fingerprint density at radius 2 is 2.27 bits per heavy atom. The van der Waals surface area contributed by atoms with Crippen molar-refractivity contribution in [3.8, 4) is 5.75 Å². The summed E-state index contributed by atoms with van der Waals surface area (Å²) in [5.41, 5.74) is 5.21. The number of rotatable bonds is 4. The van der Waals surface area contributed by atoms with Crippen molar-refractivity contribution >= 4 is 24.2 Å². The molecule has 2 heterocycles. The summed E-state index contributed by atoms with van der Waals surface area (Å²) in [6.45, 7) is 11.5. The van der Waals surface area contributed by atoms with Crippen LogP contribution in [0.15, 0.2) is 42.0 Å². The number of fused-ring (bicyclic) bond motifs is 1. The van der Waals surface area contributed by atoms with Crippen LogP contribution in [0.1, 0.15) is 16.8 Å². The van der Waals surface area contributed by atoms with E-state index in [1.165, 1.54) is 5.56 Å². The van der Waals surface area contributed by atoms with Gasteiger partial charge in [0.25, 0.3) is 0 Å². The fourth-order valence-corrected chi connectivity index (χ4v) is 2.68. The molecule has 0 unspecified atom stereocenters. The summed E-state index contributed by atoms with van der Waals surface area (Å²) >= 11 is 0. The quantitative estimate of drug-likeness (QED) is 0.805. The van der Waals surface area contributed by atoms with E-state index in [0.717, 1.165) is 34.9 Å². The maximum Gasteiger partial charge on any atom is 0.143 e. The molecule has 0 spiro atoms. The minimum Gasteiger partial charge on any atom is -0.490 e. The van der Waals surface area contributed by atoms with Crippen molar-refractivity contribution < 1.29 is 4.74 Å². The molecule has 112 valence electrons. The summed E-state index contributed by atoms with van der Waals surface area (Å²) in [4.78, 5) is 10.7. The highest BCUT2D eigenvalue weighted by Gasteiger charge is 2.20. The molecule has 0 fully saturated rings. The number of pyridine rings is 1. The number of ether oxygens (including phenoxy) is 1. The van der Waals surface area contributed by atoms with Gasteiger partial charge in [0.1, 0.15) is 12.4 Å². The Balaban J connectivity index is 2.05. The molecule has 0 saturated heterocycles. The number of benzene rings is 1. The molecule has 1 aromatic carbocycles. The molecule has 1 aliphatic rings. The topological polar surface area (TPSA) is 37.7 Å². The van der Waals surface area contributed by atoms with Gasteiger partial charge in [0, 0.05) is 5.56 Å². The predicted octanol–water partition coefficient (Wildman–Crippen LogP) is 3.76. The highest BCUT2D eigenvalue weighted by Crippen LogP contribution is 2.37. The average Bonchev–Trinajstić information content (AvgIpc) is 2.54. The molecule has 0 atom stereocenters. The molecule has 2 aromatic rings. The lowest BCUT2D eigenvalue weighted by Gasteiger charge is -2.31. The van der Waals surface area contributed by atoms with Crippen LogP contribution < -0.4 is 9.64 Å². The number of hydrogen-bond acceptors (Lipinski definition) is 4. The Bertz CT molecular complexity index is 724. The smallest absolute Gasteiger partial charge is 0.143 e. The highest BCUT2D eigenvalue weighted by atomic mass is 16.5. The van der Waals surface area contributed by atoms with Gasteiger partial charge in [-0.3, -0.25) is 9.98 Å². The van der Waals surface area contributed by atoms with E-state index in [2.05, 4.69) is 53.3 Å². The third-order valence-corrected chi connectivity index (χ3v) is 3.75. The van der Waals surface area contributed by atoms with Gasteiger partial charge in [0.15, 0.2) is 0 Å². The lowest BCUT2D eigenvalue weighted by molar-refractivity contribution is 0.314. The second-order valence-electron chi connectivity index (χ2n) is 5.30. The first-order valence-electron chi connectivity index (χ1n) is 7.28. The Labute approximate surface area is 130 Å². The Morgan fingerprint density at radius 3 is 3.05 bits per heavy atom. The van der Waals surface area contributed by atoms with Crippen LogP contribution in [-0.2, 0) is 6.54 Å². The molecule has 1 aliphatic heterocycles. The van der Waals surface area contributed by atoms with E-state index in [0.29, 0.717) is 13.2 Å². The van der Waals surface area contributed by atoms with Crippen molar-refractivity contribution in [2.75, 3.05) is 18.1 Å². The summed E-state index contributed by atoms with van der Waals surface area (Å²) in [7, 11) is 0. The summed E-state index contributed by atoms with van der Waals surface area (Å²) in [6.07, 6.45) is 3.63. The van der Waals surface area contributed by atoms with Crippen LogP contribution in [-0.4, -0.2) is 24.9 Å². The van der Waals surface area contributed by atoms with E-state index in [-0.39, 0.29) is 0 Å². The third-order valence-electron chi connectivity index (χ3n) is 3.75. The number of aliphatic imine (C=N–C) groups is 1. The average molecular weight is 293 g/mol. The number of aryl methyl sites for hydroxylation is 1. The van der Waals surface area contributed by atoms with E-state index < -0.39 is 0 Å². The Kier molecular flexibility index (Phi) is 3.92. The minimum absolute atomic E-state index is 0.535. The SMILES string of the molecule is C=Cc1ncc(N2CCOc3ccc(C)cc32)cc1CN=C. The van der Waals surface area contributed by atoms with E-state index >= 15 is 0 Å². The zero-order chi connectivity index (χ0) is 15.5. The molecule has 4 nitrogen and oxygen atoms in total. The number of anilines is 2. The van der Waals surface area contributed by atoms with Crippen molar-refractivity contribution in [2.45, 2.75) is 13.5 Å². The van der Waals surface area contributed by atoms with Crippen LogP contribution in [0.25, 0.3) is 6.08 Å². The maximum absolute atomic E-state index is 5.75.